The highest BCUT2D eigenvalue weighted by molar-refractivity contribution is 9.10. The summed E-state index contributed by atoms with van der Waals surface area (Å²) in [4.78, 5) is 16.9. The van der Waals surface area contributed by atoms with Crippen molar-refractivity contribution >= 4 is 33.4 Å². The van der Waals surface area contributed by atoms with Gasteiger partial charge in [0.05, 0.1) is 11.2 Å². The Morgan fingerprint density at radius 3 is 2.56 bits per heavy atom. The van der Waals surface area contributed by atoms with Gasteiger partial charge < -0.3 is 0 Å². The van der Waals surface area contributed by atoms with E-state index in [1.54, 1.807) is 18.2 Å². The van der Waals surface area contributed by atoms with Crippen LogP contribution in [0.25, 0.3) is 0 Å². The second-order valence-electron chi connectivity index (χ2n) is 4.27. The van der Waals surface area contributed by atoms with Crippen LogP contribution in [-0.2, 0) is 4.84 Å². The number of hydroxylamine groups is 1. The molecule has 1 N–H and O–H groups in total. The molecule has 0 aliphatic rings. The maximum absolute atomic E-state index is 11.7. The minimum atomic E-state index is -0.422. The van der Waals surface area contributed by atoms with Crippen LogP contribution in [-0.4, -0.2) is 11.5 Å². The van der Waals surface area contributed by atoms with Gasteiger partial charge in [-0.25, -0.2) is 5.48 Å². The zero-order valence-corrected chi connectivity index (χ0v) is 11.6. The molecular weight excluding hydrogens is 293 g/mol. The van der Waals surface area contributed by atoms with Crippen LogP contribution in [0.1, 0.15) is 31.1 Å². The van der Waals surface area contributed by atoms with Crippen LogP contribution in [0.15, 0.2) is 22.7 Å². The Labute approximate surface area is 108 Å². The average Bonchev–Trinajstić information content (AvgIpc) is 2.13. The van der Waals surface area contributed by atoms with Gasteiger partial charge in [0.1, 0.15) is 0 Å². The number of hydrogen-bond acceptors (Lipinski definition) is 2. The fraction of sp³-hybridized carbons (Fsp3) is 0.364. The van der Waals surface area contributed by atoms with E-state index >= 15 is 0 Å². The first-order valence-electron chi connectivity index (χ1n) is 4.73. The van der Waals surface area contributed by atoms with E-state index in [9.17, 15) is 4.79 Å². The SMILES string of the molecule is CC(C)(C)ONC(=O)c1ccc(Cl)cc1Br. The summed E-state index contributed by atoms with van der Waals surface area (Å²) in [5.41, 5.74) is 2.45. The fourth-order valence-corrected chi connectivity index (χ4v) is 1.79. The topological polar surface area (TPSA) is 38.3 Å². The van der Waals surface area contributed by atoms with Crippen molar-refractivity contribution < 1.29 is 9.63 Å². The predicted octanol–water partition coefficient (Wildman–Crippen LogP) is 3.56. The maximum atomic E-state index is 11.7. The van der Waals surface area contributed by atoms with Gasteiger partial charge in [-0.05, 0) is 54.9 Å². The Hall–Kier alpha value is -0.580. The molecule has 0 aliphatic carbocycles. The highest BCUT2D eigenvalue weighted by Crippen LogP contribution is 2.21. The van der Waals surface area contributed by atoms with E-state index in [1.807, 2.05) is 20.8 Å². The van der Waals surface area contributed by atoms with Crippen molar-refractivity contribution in [2.45, 2.75) is 26.4 Å². The molecule has 1 amide bonds. The molecule has 0 fully saturated rings. The molecule has 0 radical (unpaired) electrons. The first kappa shape index (κ1) is 13.5. The van der Waals surface area contributed by atoms with Crippen molar-refractivity contribution in [1.29, 1.82) is 0 Å². The first-order chi connectivity index (χ1) is 7.29. The van der Waals surface area contributed by atoms with Gasteiger partial charge in [-0.1, -0.05) is 11.6 Å². The molecule has 0 unspecified atom stereocenters. The molecule has 3 nitrogen and oxygen atoms in total. The van der Waals surface area contributed by atoms with Crippen LogP contribution in [0.4, 0.5) is 0 Å². The molecule has 0 bridgehead atoms. The number of carbonyl (C=O) groups excluding carboxylic acids is 1. The third kappa shape index (κ3) is 4.12. The normalized spacial score (nSPS) is 11.3. The molecule has 0 saturated carbocycles. The van der Waals surface area contributed by atoms with E-state index in [2.05, 4.69) is 21.4 Å². The molecule has 88 valence electrons. The zero-order valence-electron chi connectivity index (χ0n) is 9.30. The number of amides is 1. The van der Waals surface area contributed by atoms with Gasteiger partial charge in [-0.3, -0.25) is 9.63 Å². The van der Waals surface area contributed by atoms with E-state index in [0.29, 0.717) is 15.1 Å². The summed E-state index contributed by atoms with van der Waals surface area (Å²) in [6.45, 7) is 5.55. The summed E-state index contributed by atoms with van der Waals surface area (Å²) >= 11 is 9.05. The van der Waals surface area contributed by atoms with Crippen molar-refractivity contribution in [3.63, 3.8) is 0 Å². The van der Waals surface area contributed by atoms with Crippen LogP contribution >= 0.6 is 27.5 Å². The Morgan fingerprint density at radius 1 is 1.44 bits per heavy atom. The van der Waals surface area contributed by atoms with E-state index in [1.165, 1.54) is 0 Å². The monoisotopic (exact) mass is 305 g/mol. The van der Waals surface area contributed by atoms with Gasteiger partial charge in [0, 0.05) is 9.50 Å². The number of halogens is 2. The molecule has 0 aromatic heterocycles. The van der Waals surface area contributed by atoms with E-state index in [4.69, 9.17) is 16.4 Å². The van der Waals surface area contributed by atoms with Gasteiger partial charge in [0.25, 0.3) is 5.91 Å². The Bertz CT molecular complexity index is 401. The molecule has 0 atom stereocenters. The molecular formula is C11H13BrClNO2. The van der Waals surface area contributed by atoms with Gasteiger partial charge in [-0.2, -0.15) is 0 Å². The predicted molar refractivity (Wildman–Crippen MR) is 67.5 cm³/mol. The quantitative estimate of drug-likeness (QED) is 0.848. The summed E-state index contributed by atoms with van der Waals surface area (Å²) in [5, 5.41) is 0.570. The van der Waals surface area contributed by atoms with E-state index in [-0.39, 0.29) is 5.91 Å². The summed E-state index contributed by atoms with van der Waals surface area (Å²) in [5.74, 6) is -0.307. The number of rotatable bonds is 2. The van der Waals surface area contributed by atoms with Crippen LogP contribution < -0.4 is 5.48 Å². The van der Waals surface area contributed by atoms with Crippen LogP contribution in [0.5, 0.6) is 0 Å². The van der Waals surface area contributed by atoms with Gasteiger partial charge in [0.2, 0.25) is 0 Å². The molecule has 1 rings (SSSR count). The number of nitrogens with one attached hydrogen (secondary N) is 1. The minimum absolute atomic E-state index is 0.307. The van der Waals surface area contributed by atoms with E-state index in [0.717, 1.165) is 0 Å². The highest BCUT2D eigenvalue weighted by Gasteiger charge is 2.15. The second-order valence-corrected chi connectivity index (χ2v) is 5.56. The summed E-state index contributed by atoms with van der Waals surface area (Å²) in [7, 11) is 0. The lowest BCUT2D eigenvalue weighted by Gasteiger charge is -2.19. The van der Waals surface area contributed by atoms with Gasteiger partial charge in [-0.15, -0.1) is 0 Å². The third-order valence-corrected chi connectivity index (χ3v) is 2.52. The number of carbonyl (C=O) groups is 1. The summed E-state index contributed by atoms with van der Waals surface area (Å²) < 4.78 is 0.634. The van der Waals surface area contributed by atoms with E-state index < -0.39 is 5.60 Å². The van der Waals surface area contributed by atoms with Crippen molar-refractivity contribution in [3.05, 3.63) is 33.3 Å². The standard InChI is InChI=1S/C11H13BrClNO2/c1-11(2,3)16-14-10(15)8-5-4-7(13)6-9(8)12/h4-6H,1-3H3,(H,14,15). The molecule has 1 aromatic rings. The number of hydrogen-bond donors (Lipinski definition) is 1. The molecule has 0 spiro atoms. The molecule has 16 heavy (non-hydrogen) atoms. The van der Waals surface area contributed by atoms with Crippen LogP contribution in [0, 0.1) is 0 Å². The molecule has 0 heterocycles. The van der Waals surface area contributed by atoms with Crippen molar-refractivity contribution in [2.75, 3.05) is 0 Å². The Kier molecular flexibility index (Phi) is 4.35. The second kappa shape index (κ2) is 5.17. The lowest BCUT2D eigenvalue weighted by Crippen LogP contribution is -2.33. The minimum Gasteiger partial charge on any atom is -0.268 e. The highest BCUT2D eigenvalue weighted by atomic mass is 79.9. The Morgan fingerprint density at radius 2 is 2.06 bits per heavy atom. The smallest absolute Gasteiger partial charge is 0.268 e. The Balaban J connectivity index is 2.74. The molecule has 0 aliphatic heterocycles. The lowest BCUT2D eigenvalue weighted by molar-refractivity contribution is -0.0590. The van der Waals surface area contributed by atoms with Gasteiger partial charge >= 0.3 is 0 Å². The van der Waals surface area contributed by atoms with Crippen molar-refractivity contribution in [2.24, 2.45) is 0 Å². The summed E-state index contributed by atoms with van der Waals surface area (Å²) in [6, 6.07) is 4.94. The number of benzene rings is 1. The lowest BCUT2D eigenvalue weighted by atomic mass is 10.2. The van der Waals surface area contributed by atoms with Crippen LogP contribution in [0.2, 0.25) is 5.02 Å². The maximum Gasteiger partial charge on any atom is 0.276 e. The molecule has 5 heteroatoms. The molecule has 1 aromatic carbocycles. The van der Waals surface area contributed by atoms with Crippen LogP contribution in [0.3, 0.4) is 0 Å². The molecule has 0 saturated heterocycles. The summed E-state index contributed by atoms with van der Waals surface area (Å²) in [6.07, 6.45) is 0. The largest absolute Gasteiger partial charge is 0.276 e. The average molecular weight is 307 g/mol. The van der Waals surface area contributed by atoms with Crippen molar-refractivity contribution in [3.8, 4) is 0 Å². The fourth-order valence-electron chi connectivity index (χ4n) is 0.928. The van der Waals surface area contributed by atoms with Crippen molar-refractivity contribution in [1.82, 2.24) is 5.48 Å². The third-order valence-electron chi connectivity index (χ3n) is 1.63. The first-order valence-corrected chi connectivity index (χ1v) is 5.90. The van der Waals surface area contributed by atoms with Gasteiger partial charge in [0.15, 0.2) is 0 Å². The zero-order chi connectivity index (χ0) is 12.3.